The third-order valence-corrected chi connectivity index (χ3v) is 2.20. The van der Waals surface area contributed by atoms with Gasteiger partial charge < -0.3 is 26.2 Å². The molecule has 0 aliphatic carbocycles. The van der Waals surface area contributed by atoms with Gasteiger partial charge in [0.25, 0.3) is 0 Å². The lowest BCUT2D eigenvalue weighted by Gasteiger charge is -2.14. The first-order chi connectivity index (χ1) is 9.36. The van der Waals surface area contributed by atoms with Crippen LogP contribution in [0.1, 0.15) is 26.2 Å². The van der Waals surface area contributed by atoms with E-state index in [1.165, 1.54) is 0 Å². The van der Waals surface area contributed by atoms with Gasteiger partial charge in [-0.25, -0.2) is 9.59 Å². The van der Waals surface area contributed by atoms with Gasteiger partial charge in [-0.1, -0.05) is 0 Å². The molecule has 114 valence electrons. The molecule has 0 aromatic heterocycles. The van der Waals surface area contributed by atoms with Crippen molar-refractivity contribution in [2.75, 3.05) is 13.2 Å². The number of primary amides is 1. The smallest absolute Gasteiger partial charge is 0.326 e. The van der Waals surface area contributed by atoms with Crippen molar-refractivity contribution in [2.24, 2.45) is 5.73 Å². The van der Waals surface area contributed by atoms with Crippen molar-refractivity contribution in [3.8, 4) is 0 Å². The zero-order valence-corrected chi connectivity index (χ0v) is 11.2. The van der Waals surface area contributed by atoms with Gasteiger partial charge in [-0.15, -0.1) is 0 Å². The molecular weight excluding hydrogens is 270 g/mol. The fraction of sp³-hybridized carbons (Fsp3) is 0.636. The van der Waals surface area contributed by atoms with Crippen molar-refractivity contribution in [3.63, 3.8) is 0 Å². The Kier molecular flexibility index (Phi) is 8.48. The molecule has 1 atom stereocenters. The monoisotopic (exact) mass is 289 g/mol. The fourth-order valence-electron chi connectivity index (χ4n) is 1.26. The summed E-state index contributed by atoms with van der Waals surface area (Å²) in [7, 11) is 0. The van der Waals surface area contributed by atoms with Gasteiger partial charge in [0.2, 0.25) is 5.91 Å². The molecule has 0 heterocycles. The Hall–Kier alpha value is -2.32. The molecule has 0 aromatic rings. The van der Waals surface area contributed by atoms with Gasteiger partial charge in [-0.3, -0.25) is 9.59 Å². The van der Waals surface area contributed by atoms with E-state index in [-0.39, 0.29) is 32.4 Å². The van der Waals surface area contributed by atoms with Crippen molar-refractivity contribution in [1.82, 2.24) is 10.6 Å². The Morgan fingerprint density at radius 1 is 1.25 bits per heavy atom. The molecule has 0 saturated carbocycles. The number of carboxylic acid groups (broad SMARTS) is 1. The van der Waals surface area contributed by atoms with Crippen molar-refractivity contribution in [2.45, 2.75) is 32.2 Å². The van der Waals surface area contributed by atoms with Crippen LogP contribution in [0.3, 0.4) is 0 Å². The molecule has 0 fully saturated rings. The van der Waals surface area contributed by atoms with Crippen LogP contribution in [0, 0.1) is 0 Å². The first kappa shape index (κ1) is 17.7. The van der Waals surface area contributed by atoms with E-state index in [0.29, 0.717) is 0 Å². The van der Waals surface area contributed by atoms with E-state index < -0.39 is 29.9 Å². The molecule has 0 unspecified atom stereocenters. The zero-order valence-electron chi connectivity index (χ0n) is 11.2. The number of urea groups is 1. The molecule has 0 aliphatic rings. The number of carboxylic acids is 1. The van der Waals surface area contributed by atoms with E-state index in [2.05, 4.69) is 15.4 Å². The number of nitrogens with one attached hydrogen (secondary N) is 2. The van der Waals surface area contributed by atoms with Gasteiger partial charge in [0.1, 0.15) is 6.04 Å². The summed E-state index contributed by atoms with van der Waals surface area (Å²) in [6.45, 7) is 1.93. The second kappa shape index (κ2) is 9.59. The average Bonchev–Trinajstić information content (AvgIpc) is 2.34. The predicted octanol–water partition coefficient (Wildman–Crippen LogP) is -1.04. The van der Waals surface area contributed by atoms with Gasteiger partial charge in [0.15, 0.2) is 0 Å². The first-order valence-electron chi connectivity index (χ1n) is 6.07. The zero-order chi connectivity index (χ0) is 15.5. The maximum absolute atomic E-state index is 11.4. The van der Waals surface area contributed by atoms with E-state index in [1.54, 1.807) is 6.92 Å². The van der Waals surface area contributed by atoms with Crippen molar-refractivity contribution in [1.29, 1.82) is 0 Å². The Balaban J connectivity index is 4.04. The minimum atomic E-state index is -1.27. The number of hydrogen-bond donors (Lipinski definition) is 4. The molecule has 3 amide bonds. The molecule has 0 aliphatic heterocycles. The standard InChI is InChI=1S/C11H19N3O6/c1-2-20-9(16)5-6-13-11(19)14-7(10(17)18)3-4-8(12)15/h7H,2-6H2,1H3,(H2,12,15)(H,17,18)(H2,13,14,19)/t7-/m0/s1. The SMILES string of the molecule is CCOC(=O)CCNC(=O)N[C@@H](CCC(N)=O)C(=O)O. The van der Waals surface area contributed by atoms with E-state index >= 15 is 0 Å². The number of hydrogen-bond acceptors (Lipinski definition) is 5. The quantitative estimate of drug-likeness (QED) is 0.398. The largest absolute Gasteiger partial charge is 0.480 e. The highest BCUT2D eigenvalue weighted by Gasteiger charge is 2.20. The van der Waals surface area contributed by atoms with Crippen molar-refractivity contribution < 1.29 is 29.0 Å². The number of carbonyl (C=O) groups excluding carboxylic acids is 3. The Bertz CT molecular complexity index is 371. The lowest BCUT2D eigenvalue weighted by atomic mass is 10.1. The lowest BCUT2D eigenvalue weighted by molar-refractivity contribution is -0.143. The van der Waals surface area contributed by atoms with Gasteiger partial charge in [-0.05, 0) is 13.3 Å². The minimum absolute atomic E-state index is 0.0136. The van der Waals surface area contributed by atoms with Crippen LogP contribution in [0.15, 0.2) is 0 Å². The average molecular weight is 289 g/mol. The maximum atomic E-state index is 11.4. The number of carbonyl (C=O) groups is 4. The third-order valence-electron chi connectivity index (χ3n) is 2.20. The number of rotatable bonds is 9. The molecule has 9 nitrogen and oxygen atoms in total. The van der Waals surface area contributed by atoms with Crippen LogP contribution in [-0.2, 0) is 19.1 Å². The van der Waals surface area contributed by atoms with Gasteiger partial charge in [0, 0.05) is 13.0 Å². The minimum Gasteiger partial charge on any atom is -0.480 e. The topological polar surface area (TPSA) is 148 Å². The highest BCUT2D eigenvalue weighted by molar-refractivity contribution is 5.83. The molecule has 20 heavy (non-hydrogen) atoms. The van der Waals surface area contributed by atoms with Crippen LogP contribution in [0.2, 0.25) is 0 Å². The van der Waals surface area contributed by atoms with E-state index in [4.69, 9.17) is 10.8 Å². The maximum Gasteiger partial charge on any atom is 0.326 e. The number of esters is 1. The van der Waals surface area contributed by atoms with Gasteiger partial charge in [0.05, 0.1) is 13.0 Å². The predicted molar refractivity (Wildman–Crippen MR) is 67.6 cm³/mol. The van der Waals surface area contributed by atoms with Crippen molar-refractivity contribution in [3.05, 3.63) is 0 Å². The second-order valence-corrected chi connectivity index (χ2v) is 3.85. The number of nitrogens with two attached hydrogens (primary N) is 1. The van der Waals surface area contributed by atoms with Crippen molar-refractivity contribution >= 4 is 23.9 Å². The molecule has 0 spiro atoms. The molecule has 0 rings (SSSR count). The Labute approximate surface area is 115 Å². The molecule has 0 radical (unpaired) electrons. The fourth-order valence-corrected chi connectivity index (χ4v) is 1.26. The number of ether oxygens (including phenoxy) is 1. The molecule has 0 saturated heterocycles. The Morgan fingerprint density at radius 3 is 2.40 bits per heavy atom. The van der Waals surface area contributed by atoms with Crippen LogP contribution in [0.5, 0.6) is 0 Å². The summed E-state index contributed by atoms with van der Waals surface area (Å²) in [4.78, 5) is 43.8. The summed E-state index contributed by atoms with van der Waals surface area (Å²) >= 11 is 0. The number of aliphatic carboxylic acids is 1. The molecule has 5 N–H and O–H groups in total. The first-order valence-corrected chi connectivity index (χ1v) is 6.07. The van der Waals surface area contributed by atoms with Crippen LogP contribution in [0.25, 0.3) is 0 Å². The normalized spacial score (nSPS) is 11.2. The summed E-state index contributed by atoms with van der Waals surface area (Å²) in [5.41, 5.74) is 4.90. The van der Waals surface area contributed by atoms with Gasteiger partial charge >= 0.3 is 18.0 Å². The lowest BCUT2D eigenvalue weighted by Crippen LogP contribution is -2.46. The highest BCUT2D eigenvalue weighted by atomic mass is 16.5. The van der Waals surface area contributed by atoms with Crippen LogP contribution in [-0.4, -0.2) is 48.2 Å². The molecule has 9 heteroatoms. The third kappa shape index (κ3) is 8.72. The van der Waals surface area contributed by atoms with E-state index in [9.17, 15) is 19.2 Å². The van der Waals surface area contributed by atoms with E-state index in [1.807, 2.05) is 0 Å². The summed E-state index contributed by atoms with van der Waals surface area (Å²) in [5, 5.41) is 13.3. The summed E-state index contributed by atoms with van der Waals surface area (Å²) in [6, 6.07) is -1.96. The van der Waals surface area contributed by atoms with Crippen LogP contribution >= 0.6 is 0 Å². The number of amides is 3. The van der Waals surface area contributed by atoms with Crippen LogP contribution < -0.4 is 16.4 Å². The molecule has 0 aromatic carbocycles. The Morgan fingerprint density at radius 2 is 1.90 bits per heavy atom. The summed E-state index contributed by atoms with van der Waals surface area (Å²) in [6.07, 6.45) is -0.268. The van der Waals surface area contributed by atoms with Gasteiger partial charge in [-0.2, -0.15) is 0 Å². The van der Waals surface area contributed by atoms with Crippen LogP contribution in [0.4, 0.5) is 4.79 Å². The highest BCUT2D eigenvalue weighted by Crippen LogP contribution is 1.97. The second-order valence-electron chi connectivity index (χ2n) is 3.85. The molecule has 0 bridgehead atoms. The van der Waals surface area contributed by atoms with E-state index in [0.717, 1.165) is 0 Å². The summed E-state index contributed by atoms with van der Waals surface area (Å²) < 4.78 is 4.65. The molecular formula is C11H19N3O6. The summed E-state index contributed by atoms with van der Waals surface area (Å²) in [5.74, 6) is -2.39.